The Hall–Kier alpha value is -7.10. The largest absolute Gasteiger partial charge is 0.293 e. The Balaban J connectivity index is 1.19. The van der Waals surface area contributed by atoms with Crippen LogP contribution in [0.5, 0.6) is 0 Å². The molecular weight excluding hydrogens is 643 g/mol. The summed E-state index contributed by atoms with van der Waals surface area (Å²) in [5, 5.41) is 1.07. The number of fused-ring (bicyclic) bond motifs is 4. The first-order valence-electron chi connectivity index (χ1n) is 18.0. The van der Waals surface area contributed by atoms with E-state index in [0.29, 0.717) is 0 Å². The third-order valence-electron chi connectivity index (χ3n) is 10.1. The molecule has 10 aromatic rings. The average molecular weight is 676 g/mol. The van der Waals surface area contributed by atoms with Crippen molar-refractivity contribution in [3.63, 3.8) is 0 Å². The van der Waals surface area contributed by atoms with Crippen LogP contribution in [0.2, 0.25) is 0 Å². The van der Waals surface area contributed by atoms with Gasteiger partial charge in [0.1, 0.15) is 5.52 Å². The first-order valence-corrected chi connectivity index (χ1v) is 18.0. The van der Waals surface area contributed by atoms with Crippen molar-refractivity contribution in [3.8, 4) is 61.3 Å². The van der Waals surface area contributed by atoms with E-state index in [4.69, 9.17) is 9.97 Å². The third kappa shape index (κ3) is 5.65. The minimum absolute atomic E-state index is 0.854. The molecule has 0 aliphatic heterocycles. The fraction of sp³-hybridized carbons (Fsp3) is 0. The van der Waals surface area contributed by atoms with Gasteiger partial charge < -0.3 is 0 Å². The highest BCUT2D eigenvalue weighted by Crippen LogP contribution is 2.39. The van der Waals surface area contributed by atoms with Crippen LogP contribution in [-0.2, 0) is 0 Å². The molecule has 0 unspecified atom stereocenters. The average Bonchev–Trinajstić information content (AvgIpc) is 3.56. The summed E-state index contributed by atoms with van der Waals surface area (Å²) in [6, 6.07) is 71.2. The Bertz CT molecular complexity index is 2830. The molecule has 0 radical (unpaired) electrons. The highest BCUT2D eigenvalue weighted by Gasteiger charge is 2.18. The maximum atomic E-state index is 5.21. The van der Waals surface area contributed by atoms with Crippen molar-refractivity contribution in [2.24, 2.45) is 0 Å². The molecule has 0 bridgehead atoms. The van der Waals surface area contributed by atoms with Gasteiger partial charge in [0.25, 0.3) is 0 Å². The Kier molecular flexibility index (Phi) is 7.47. The lowest BCUT2D eigenvalue weighted by Crippen LogP contribution is -1.96. The SMILES string of the molecule is c1ccc(-c2cccc(-c3cc(-c4cccc(-c5ccccc5)c4)cc(-c4ccc5c(c4)c4nc6ccccc6nc4n5-c4ccccc4)c3)c2)cc1. The Morgan fingerprint density at radius 3 is 1.26 bits per heavy atom. The zero-order valence-corrected chi connectivity index (χ0v) is 28.9. The molecule has 0 fully saturated rings. The van der Waals surface area contributed by atoms with E-state index in [1.807, 2.05) is 30.3 Å². The van der Waals surface area contributed by atoms with Gasteiger partial charge in [-0.3, -0.25) is 4.57 Å². The van der Waals surface area contributed by atoms with Gasteiger partial charge >= 0.3 is 0 Å². The summed E-state index contributed by atoms with van der Waals surface area (Å²) in [7, 11) is 0. The maximum absolute atomic E-state index is 5.21. The first kappa shape index (κ1) is 30.7. The van der Waals surface area contributed by atoms with Crippen LogP contribution in [0.4, 0.5) is 0 Å². The van der Waals surface area contributed by atoms with E-state index in [1.165, 1.54) is 33.4 Å². The Morgan fingerprint density at radius 2 is 0.717 bits per heavy atom. The quantitative estimate of drug-likeness (QED) is 0.176. The van der Waals surface area contributed by atoms with Gasteiger partial charge in [-0.2, -0.15) is 0 Å². The molecular formula is C50H33N3. The molecule has 8 aromatic carbocycles. The van der Waals surface area contributed by atoms with E-state index < -0.39 is 0 Å². The van der Waals surface area contributed by atoms with Crippen LogP contribution in [0, 0.1) is 0 Å². The van der Waals surface area contributed by atoms with Crippen LogP contribution >= 0.6 is 0 Å². The molecule has 2 heterocycles. The van der Waals surface area contributed by atoms with E-state index in [9.17, 15) is 0 Å². The smallest absolute Gasteiger partial charge is 0.165 e. The lowest BCUT2D eigenvalue weighted by atomic mass is 9.91. The Morgan fingerprint density at radius 1 is 0.302 bits per heavy atom. The topological polar surface area (TPSA) is 30.7 Å². The zero-order chi connectivity index (χ0) is 35.1. The van der Waals surface area contributed by atoms with Gasteiger partial charge in [0.05, 0.1) is 16.6 Å². The molecule has 0 aliphatic carbocycles. The number of benzene rings is 8. The van der Waals surface area contributed by atoms with Crippen LogP contribution in [0.1, 0.15) is 0 Å². The van der Waals surface area contributed by atoms with Gasteiger partial charge in [-0.1, -0.05) is 133 Å². The van der Waals surface area contributed by atoms with E-state index >= 15 is 0 Å². The molecule has 0 amide bonds. The van der Waals surface area contributed by atoms with Gasteiger partial charge in [-0.25, -0.2) is 9.97 Å². The van der Waals surface area contributed by atoms with Crippen LogP contribution in [0.15, 0.2) is 200 Å². The molecule has 3 heteroatoms. The monoisotopic (exact) mass is 675 g/mol. The molecule has 0 saturated carbocycles. The van der Waals surface area contributed by atoms with Crippen LogP contribution in [0.3, 0.4) is 0 Å². The molecule has 248 valence electrons. The lowest BCUT2D eigenvalue weighted by Gasteiger charge is -2.14. The first-order chi connectivity index (χ1) is 26.2. The third-order valence-corrected chi connectivity index (χ3v) is 10.1. The second kappa shape index (κ2) is 12.9. The van der Waals surface area contributed by atoms with Crippen molar-refractivity contribution in [1.82, 2.24) is 14.5 Å². The summed E-state index contributed by atoms with van der Waals surface area (Å²) >= 11 is 0. The molecule has 53 heavy (non-hydrogen) atoms. The molecule has 0 N–H and O–H groups in total. The summed E-state index contributed by atoms with van der Waals surface area (Å²) in [5.74, 6) is 0. The van der Waals surface area contributed by atoms with Gasteiger partial charge in [-0.15, -0.1) is 0 Å². The van der Waals surface area contributed by atoms with E-state index in [0.717, 1.165) is 61.0 Å². The number of hydrogen-bond donors (Lipinski definition) is 0. The number of aromatic nitrogens is 3. The summed E-state index contributed by atoms with van der Waals surface area (Å²) in [4.78, 5) is 10.4. The fourth-order valence-corrected chi connectivity index (χ4v) is 7.53. The number of hydrogen-bond acceptors (Lipinski definition) is 2. The van der Waals surface area contributed by atoms with Crippen molar-refractivity contribution in [2.75, 3.05) is 0 Å². The molecule has 0 atom stereocenters. The summed E-state index contributed by atoms with van der Waals surface area (Å²) in [5.41, 5.74) is 17.4. The summed E-state index contributed by atoms with van der Waals surface area (Å²) < 4.78 is 2.24. The molecule has 2 aromatic heterocycles. The number of nitrogens with zero attached hydrogens (tertiary/aromatic N) is 3. The van der Waals surface area contributed by atoms with Crippen LogP contribution < -0.4 is 0 Å². The Labute approximate surface area is 308 Å². The van der Waals surface area contributed by atoms with Crippen molar-refractivity contribution < 1.29 is 0 Å². The van der Waals surface area contributed by atoms with E-state index in [2.05, 4.69) is 174 Å². The summed E-state index contributed by atoms with van der Waals surface area (Å²) in [6.45, 7) is 0. The predicted molar refractivity (Wildman–Crippen MR) is 221 cm³/mol. The van der Waals surface area contributed by atoms with Crippen LogP contribution in [0.25, 0.3) is 94.4 Å². The van der Waals surface area contributed by atoms with Crippen LogP contribution in [-0.4, -0.2) is 14.5 Å². The lowest BCUT2D eigenvalue weighted by molar-refractivity contribution is 1.14. The zero-order valence-electron chi connectivity index (χ0n) is 28.9. The second-order valence-corrected chi connectivity index (χ2v) is 13.5. The van der Waals surface area contributed by atoms with Crippen molar-refractivity contribution >= 4 is 33.1 Å². The van der Waals surface area contributed by atoms with Gasteiger partial charge in [0, 0.05) is 11.1 Å². The van der Waals surface area contributed by atoms with E-state index in [1.54, 1.807) is 0 Å². The highest BCUT2D eigenvalue weighted by molar-refractivity contribution is 6.09. The van der Waals surface area contributed by atoms with Gasteiger partial charge in [-0.05, 0) is 122 Å². The maximum Gasteiger partial charge on any atom is 0.165 e. The number of rotatable bonds is 6. The molecule has 0 saturated heterocycles. The minimum Gasteiger partial charge on any atom is -0.293 e. The van der Waals surface area contributed by atoms with Gasteiger partial charge in [0.15, 0.2) is 5.65 Å². The standard InChI is InChI=1S/C50H33N3/c1-4-14-34(15-5-1)36-18-12-20-38(28-36)41-30-42(39-21-13-19-37(29-39)35-16-6-2-7-17-35)32-43(31-41)40-26-27-48-45(33-40)49-50(53(48)44-22-8-3-9-23-44)52-47-25-11-10-24-46(47)51-49/h1-33H. The normalized spacial score (nSPS) is 11.4. The minimum atomic E-state index is 0.854. The highest BCUT2D eigenvalue weighted by atomic mass is 15.1. The number of para-hydroxylation sites is 3. The van der Waals surface area contributed by atoms with Gasteiger partial charge in [0.2, 0.25) is 0 Å². The van der Waals surface area contributed by atoms with E-state index in [-0.39, 0.29) is 0 Å². The predicted octanol–water partition coefficient (Wildman–Crippen LogP) is 13.1. The molecule has 3 nitrogen and oxygen atoms in total. The van der Waals surface area contributed by atoms with Crippen molar-refractivity contribution in [1.29, 1.82) is 0 Å². The second-order valence-electron chi connectivity index (χ2n) is 13.5. The molecule has 0 aliphatic rings. The van der Waals surface area contributed by atoms with Crippen molar-refractivity contribution in [2.45, 2.75) is 0 Å². The summed E-state index contributed by atoms with van der Waals surface area (Å²) in [6.07, 6.45) is 0. The molecule has 0 spiro atoms. The van der Waals surface area contributed by atoms with Crippen molar-refractivity contribution in [3.05, 3.63) is 200 Å². The fourth-order valence-electron chi connectivity index (χ4n) is 7.53. The molecule has 10 rings (SSSR count).